The lowest BCUT2D eigenvalue weighted by molar-refractivity contribution is -0.121. The van der Waals surface area contributed by atoms with E-state index in [0.29, 0.717) is 24.9 Å². The first-order valence-electron chi connectivity index (χ1n) is 6.43. The molecule has 2 rings (SSSR count). The van der Waals surface area contributed by atoms with Crippen LogP contribution in [-0.4, -0.2) is 16.1 Å². The predicted molar refractivity (Wildman–Crippen MR) is 74.6 cm³/mol. The molecular weight excluding hydrogens is 252 g/mol. The molecule has 0 radical (unpaired) electrons. The molecule has 0 fully saturated rings. The fraction of sp³-hybridized carbons (Fsp3) is 0.267. The number of aromatic nitrogens is 2. The van der Waals surface area contributed by atoms with Gasteiger partial charge in [-0.2, -0.15) is 10.4 Å². The van der Waals surface area contributed by atoms with E-state index in [0.717, 1.165) is 16.8 Å². The zero-order valence-electron chi connectivity index (χ0n) is 11.3. The van der Waals surface area contributed by atoms with Gasteiger partial charge in [0.2, 0.25) is 5.91 Å². The largest absolute Gasteiger partial charge is 0.352 e. The highest BCUT2D eigenvalue weighted by Gasteiger charge is 2.05. The summed E-state index contributed by atoms with van der Waals surface area (Å²) in [5, 5.41) is 18.3. The molecule has 1 aromatic heterocycles. The second-order valence-electron chi connectivity index (χ2n) is 4.61. The molecule has 5 nitrogen and oxygen atoms in total. The van der Waals surface area contributed by atoms with Crippen LogP contribution in [0.25, 0.3) is 0 Å². The molecule has 2 aromatic rings. The third-order valence-electron chi connectivity index (χ3n) is 3.13. The number of nitriles is 1. The van der Waals surface area contributed by atoms with E-state index in [-0.39, 0.29) is 5.91 Å². The van der Waals surface area contributed by atoms with E-state index in [4.69, 9.17) is 5.26 Å². The Morgan fingerprint density at radius 1 is 1.40 bits per heavy atom. The van der Waals surface area contributed by atoms with Gasteiger partial charge in [-0.25, -0.2) is 0 Å². The van der Waals surface area contributed by atoms with Gasteiger partial charge in [-0.1, -0.05) is 12.1 Å². The third kappa shape index (κ3) is 3.69. The molecule has 102 valence electrons. The quantitative estimate of drug-likeness (QED) is 0.868. The molecule has 0 aliphatic rings. The van der Waals surface area contributed by atoms with Crippen molar-refractivity contribution in [2.45, 2.75) is 26.3 Å². The topological polar surface area (TPSA) is 81.6 Å². The van der Waals surface area contributed by atoms with Gasteiger partial charge in [-0.15, -0.1) is 0 Å². The normalized spacial score (nSPS) is 10.0. The van der Waals surface area contributed by atoms with E-state index in [1.807, 2.05) is 19.1 Å². The number of hydrogen-bond acceptors (Lipinski definition) is 3. The number of carbonyl (C=O) groups is 1. The first-order chi connectivity index (χ1) is 9.69. The van der Waals surface area contributed by atoms with Crippen LogP contribution in [0.5, 0.6) is 0 Å². The molecule has 0 atom stereocenters. The van der Waals surface area contributed by atoms with E-state index < -0.39 is 0 Å². The summed E-state index contributed by atoms with van der Waals surface area (Å²) in [6.07, 6.45) is 2.82. The fourth-order valence-corrected chi connectivity index (χ4v) is 1.84. The molecular formula is C15H16N4O. The predicted octanol–water partition coefficient (Wildman–Crippen LogP) is 1.84. The van der Waals surface area contributed by atoms with Crippen LogP contribution in [0.4, 0.5) is 0 Å². The zero-order valence-corrected chi connectivity index (χ0v) is 11.3. The molecule has 1 amide bonds. The summed E-state index contributed by atoms with van der Waals surface area (Å²) in [6.45, 7) is 2.42. The Hall–Kier alpha value is -2.61. The number of amides is 1. The zero-order chi connectivity index (χ0) is 14.4. The second-order valence-corrected chi connectivity index (χ2v) is 4.61. The number of carbonyl (C=O) groups excluding carboxylic acids is 1. The standard InChI is InChI=1S/C15H16N4O/c1-11-14(10-18-19-11)9-17-15(20)7-6-12-2-4-13(8-16)5-3-12/h2-5,10H,6-7,9H2,1H3,(H,17,20)(H,18,19). The van der Waals surface area contributed by atoms with Crippen molar-refractivity contribution in [1.82, 2.24) is 15.5 Å². The minimum atomic E-state index is 0.00922. The summed E-state index contributed by atoms with van der Waals surface area (Å²) >= 11 is 0. The number of nitrogens with zero attached hydrogens (tertiary/aromatic N) is 2. The van der Waals surface area contributed by atoms with Gasteiger partial charge in [0.15, 0.2) is 0 Å². The van der Waals surface area contributed by atoms with E-state index in [2.05, 4.69) is 21.6 Å². The summed E-state index contributed by atoms with van der Waals surface area (Å²) in [4.78, 5) is 11.8. The van der Waals surface area contributed by atoms with Crippen LogP contribution in [0.1, 0.15) is 28.8 Å². The lowest BCUT2D eigenvalue weighted by Crippen LogP contribution is -2.23. The smallest absolute Gasteiger partial charge is 0.220 e. The third-order valence-corrected chi connectivity index (χ3v) is 3.13. The number of rotatable bonds is 5. The maximum Gasteiger partial charge on any atom is 0.220 e. The summed E-state index contributed by atoms with van der Waals surface area (Å²) in [5.74, 6) is 0.00922. The van der Waals surface area contributed by atoms with Crippen molar-refractivity contribution in [3.8, 4) is 6.07 Å². The summed E-state index contributed by atoms with van der Waals surface area (Å²) in [7, 11) is 0. The van der Waals surface area contributed by atoms with Crippen LogP contribution in [0.15, 0.2) is 30.5 Å². The molecule has 1 aromatic carbocycles. The minimum Gasteiger partial charge on any atom is -0.352 e. The highest BCUT2D eigenvalue weighted by atomic mass is 16.1. The first-order valence-corrected chi connectivity index (χ1v) is 6.43. The van der Waals surface area contributed by atoms with Crippen LogP contribution < -0.4 is 5.32 Å². The Morgan fingerprint density at radius 2 is 2.15 bits per heavy atom. The van der Waals surface area contributed by atoms with Gasteiger partial charge >= 0.3 is 0 Å². The SMILES string of the molecule is Cc1[nH]ncc1CNC(=O)CCc1ccc(C#N)cc1. The van der Waals surface area contributed by atoms with E-state index in [9.17, 15) is 4.79 Å². The molecule has 0 spiro atoms. The second kappa shape index (κ2) is 6.53. The van der Waals surface area contributed by atoms with Crippen LogP contribution in [0.3, 0.4) is 0 Å². The molecule has 0 aliphatic carbocycles. The van der Waals surface area contributed by atoms with Gasteiger partial charge in [0.1, 0.15) is 0 Å². The van der Waals surface area contributed by atoms with Gasteiger partial charge in [0.25, 0.3) is 0 Å². The lowest BCUT2D eigenvalue weighted by atomic mass is 10.1. The molecule has 2 N–H and O–H groups in total. The summed E-state index contributed by atoms with van der Waals surface area (Å²) in [5.41, 5.74) is 3.65. The van der Waals surface area contributed by atoms with Crippen molar-refractivity contribution in [2.75, 3.05) is 0 Å². The Labute approximate surface area is 117 Å². The maximum atomic E-state index is 11.8. The minimum absolute atomic E-state index is 0.00922. The highest BCUT2D eigenvalue weighted by Crippen LogP contribution is 2.06. The number of aryl methyl sites for hydroxylation is 2. The van der Waals surface area contributed by atoms with Gasteiger partial charge in [0.05, 0.1) is 17.8 Å². The number of nitrogens with one attached hydrogen (secondary N) is 2. The number of hydrogen-bond donors (Lipinski definition) is 2. The number of H-pyrrole nitrogens is 1. The number of benzene rings is 1. The first kappa shape index (κ1) is 13.8. The van der Waals surface area contributed by atoms with Gasteiger partial charge in [-0.3, -0.25) is 9.89 Å². The van der Waals surface area contributed by atoms with Crippen molar-refractivity contribution >= 4 is 5.91 Å². The molecule has 0 saturated carbocycles. The average Bonchev–Trinajstić information content (AvgIpc) is 2.89. The van der Waals surface area contributed by atoms with Gasteiger partial charge in [-0.05, 0) is 31.0 Å². The van der Waals surface area contributed by atoms with Crippen molar-refractivity contribution in [3.63, 3.8) is 0 Å². The van der Waals surface area contributed by atoms with Crippen LogP contribution >= 0.6 is 0 Å². The Morgan fingerprint density at radius 3 is 2.75 bits per heavy atom. The van der Waals surface area contributed by atoms with Crippen molar-refractivity contribution in [2.24, 2.45) is 0 Å². The molecule has 0 unspecified atom stereocenters. The van der Waals surface area contributed by atoms with E-state index in [1.54, 1.807) is 18.3 Å². The maximum absolute atomic E-state index is 11.8. The Bertz CT molecular complexity index is 622. The monoisotopic (exact) mass is 268 g/mol. The van der Waals surface area contributed by atoms with Crippen molar-refractivity contribution in [3.05, 3.63) is 52.8 Å². The Balaban J connectivity index is 1.77. The van der Waals surface area contributed by atoms with Gasteiger partial charge < -0.3 is 5.32 Å². The molecule has 0 saturated heterocycles. The van der Waals surface area contributed by atoms with Gasteiger partial charge in [0, 0.05) is 24.2 Å². The summed E-state index contributed by atoms with van der Waals surface area (Å²) in [6, 6.07) is 9.37. The molecule has 5 heteroatoms. The summed E-state index contributed by atoms with van der Waals surface area (Å²) < 4.78 is 0. The molecule has 1 heterocycles. The van der Waals surface area contributed by atoms with Crippen molar-refractivity contribution < 1.29 is 4.79 Å². The van der Waals surface area contributed by atoms with E-state index >= 15 is 0 Å². The lowest BCUT2D eigenvalue weighted by Gasteiger charge is -2.05. The van der Waals surface area contributed by atoms with Crippen LogP contribution in [0, 0.1) is 18.3 Å². The van der Waals surface area contributed by atoms with Crippen LogP contribution in [0.2, 0.25) is 0 Å². The van der Waals surface area contributed by atoms with E-state index in [1.165, 1.54) is 0 Å². The average molecular weight is 268 g/mol. The van der Waals surface area contributed by atoms with Crippen LogP contribution in [-0.2, 0) is 17.8 Å². The fourth-order valence-electron chi connectivity index (χ4n) is 1.84. The highest BCUT2D eigenvalue weighted by molar-refractivity contribution is 5.76. The van der Waals surface area contributed by atoms with Crippen molar-refractivity contribution in [1.29, 1.82) is 5.26 Å². The molecule has 20 heavy (non-hydrogen) atoms. The number of aromatic amines is 1. The Kier molecular flexibility index (Phi) is 4.51. The molecule has 0 bridgehead atoms. The molecule has 0 aliphatic heterocycles.